The molecule has 0 aromatic carbocycles. The van der Waals surface area contributed by atoms with Gasteiger partial charge in [-0.3, -0.25) is 4.57 Å². The third-order valence-electron chi connectivity index (χ3n) is 5.72. The maximum absolute atomic E-state index is 11.8. The second kappa shape index (κ2) is 20.7. The smallest absolute Gasteiger partial charge is 0.267 e. The molecule has 0 bridgehead atoms. The predicted octanol–water partition coefficient (Wildman–Crippen LogP) is 7.24. The molecule has 0 saturated carbocycles. The number of nitrogens with zero attached hydrogens (tertiary/aromatic N) is 1. The maximum atomic E-state index is 11.8. The Morgan fingerprint density at radius 1 is 0.581 bits per heavy atom. The van der Waals surface area contributed by atoms with Crippen LogP contribution in [-0.4, -0.2) is 45.4 Å². The van der Waals surface area contributed by atoms with E-state index < -0.39 is 7.82 Å². The molecular formula is C25H54NO4P. The molecule has 0 aliphatic heterocycles. The van der Waals surface area contributed by atoms with E-state index in [1.165, 1.54) is 70.6 Å². The summed E-state index contributed by atoms with van der Waals surface area (Å²) in [7, 11) is 2.45. The second-order valence-electron chi connectivity index (χ2n) is 10.1. The van der Waals surface area contributed by atoms with Gasteiger partial charge in [-0.2, -0.15) is 0 Å². The minimum absolute atomic E-state index is 0.240. The molecule has 188 valence electrons. The van der Waals surface area contributed by atoms with Crippen molar-refractivity contribution >= 4 is 7.82 Å². The molecule has 0 radical (unpaired) electrons. The molecular weight excluding hydrogens is 409 g/mol. The van der Waals surface area contributed by atoms with Crippen LogP contribution in [-0.2, 0) is 13.6 Å². The third kappa shape index (κ3) is 26.2. The summed E-state index contributed by atoms with van der Waals surface area (Å²) in [6.45, 7) is 3.90. The molecule has 0 fully saturated rings. The quantitative estimate of drug-likeness (QED) is 0.0860. The van der Waals surface area contributed by atoms with E-state index in [1.807, 2.05) is 0 Å². The fourth-order valence-corrected chi connectivity index (χ4v) is 4.51. The fourth-order valence-electron chi connectivity index (χ4n) is 3.73. The minimum Gasteiger partial charge on any atom is -0.756 e. The van der Waals surface area contributed by atoms with Gasteiger partial charge in [-0.25, -0.2) is 0 Å². The molecule has 1 unspecified atom stereocenters. The van der Waals surface area contributed by atoms with E-state index >= 15 is 0 Å². The van der Waals surface area contributed by atoms with Crippen LogP contribution in [0.15, 0.2) is 0 Å². The molecule has 0 amide bonds. The summed E-state index contributed by atoms with van der Waals surface area (Å²) in [5.41, 5.74) is 0. The lowest BCUT2D eigenvalue weighted by atomic mass is 10.0. The first kappa shape index (κ1) is 31.1. The number of rotatable bonds is 24. The largest absolute Gasteiger partial charge is 0.756 e. The van der Waals surface area contributed by atoms with Gasteiger partial charge < -0.3 is 18.4 Å². The lowest BCUT2D eigenvalue weighted by molar-refractivity contribution is -0.870. The summed E-state index contributed by atoms with van der Waals surface area (Å²) in [4.78, 5) is 11.8. The first-order valence-corrected chi connectivity index (χ1v) is 14.6. The summed E-state index contributed by atoms with van der Waals surface area (Å²) in [5.74, 6) is 0. The van der Waals surface area contributed by atoms with Crippen molar-refractivity contribution in [3.63, 3.8) is 0 Å². The monoisotopic (exact) mass is 463 g/mol. The van der Waals surface area contributed by atoms with Gasteiger partial charge >= 0.3 is 0 Å². The Labute approximate surface area is 194 Å². The van der Waals surface area contributed by atoms with Crippen molar-refractivity contribution in [2.45, 2.75) is 122 Å². The number of phosphoric ester groups is 1. The summed E-state index contributed by atoms with van der Waals surface area (Å²) >= 11 is 0. The summed E-state index contributed by atoms with van der Waals surface area (Å²) in [5, 5.41) is 0. The van der Waals surface area contributed by atoms with Gasteiger partial charge in [0.25, 0.3) is 7.82 Å². The van der Waals surface area contributed by atoms with Crippen LogP contribution in [0.3, 0.4) is 0 Å². The fraction of sp³-hybridized carbons (Fsp3) is 1.00. The van der Waals surface area contributed by atoms with E-state index in [-0.39, 0.29) is 13.2 Å². The molecule has 0 rings (SSSR count). The zero-order chi connectivity index (χ0) is 23.3. The molecule has 0 aliphatic rings. The minimum atomic E-state index is -4.11. The van der Waals surface area contributed by atoms with Crippen molar-refractivity contribution in [3.05, 3.63) is 0 Å². The van der Waals surface area contributed by atoms with E-state index in [9.17, 15) is 9.46 Å². The normalized spacial score (nSPS) is 14.1. The molecule has 0 aromatic heterocycles. The standard InChI is InChI=1S/C25H54NO4P/c1-5-6-7-8-9-10-11-12-13-14-15-16-18-21-24-29-31(27,28)30-25-22-19-17-20-23-26(2,3)4/h5-25H2,1-4H3. The molecule has 0 aromatic rings. The SMILES string of the molecule is CCCCCCCCCCCCCCCCOP(=O)([O-])OCCCCCC[N+](C)(C)C. The van der Waals surface area contributed by atoms with Crippen LogP contribution < -0.4 is 4.89 Å². The summed E-state index contributed by atoms with van der Waals surface area (Å²) < 4.78 is 22.7. The number of unbranched alkanes of at least 4 members (excludes halogenated alkanes) is 16. The van der Waals surface area contributed by atoms with Gasteiger partial charge in [-0.15, -0.1) is 0 Å². The van der Waals surface area contributed by atoms with E-state index in [1.54, 1.807) is 0 Å². The van der Waals surface area contributed by atoms with Crippen LogP contribution in [0.25, 0.3) is 0 Å². The number of hydrogen-bond acceptors (Lipinski definition) is 4. The van der Waals surface area contributed by atoms with Crippen LogP contribution in [0.5, 0.6) is 0 Å². The molecule has 0 spiro atoms. The van der Waals surface area contributed by atoms with Crippen LogP contribution in [0.1, 0.15) is 122 Å². The predicted molar refractivity (Wildman–Crippen MR) is 131 cm³/mol. The lowest BCUT2D eigenvalue weighted by Gasteiger charge is -2.24. The van der Waals surface area contributed by atoms with Crippen molar-refractivity contribution in [3.8, 4) is 0 Å². The van der Waals surface area contributed by atoms with Crippen LogP contribution in [0.4, 0.5) is 0 Å². The van der Waals surface area contributed by atoms with Crippen LogP contribution in [0, 0.1) is 0 Å². The van der Waals surface area contributed by atoms with E-state index in [0.29, 0.717) is 0 Å². The van der Waals surface area contributed by atoms with E-state index in [0.717, 1.165) is 56.0 Å². The highest BCUT2D eigenvalue weighted by atomic mass is 31.2. The Balaban J connectivity index is 3.33. The second-order valence-corrected chi connectivity index (χ2v) is 11.5. The molecule has 0 N–H and O–H groups in total. The number of hydrogen-bond donors (Lipinski definition) is 0. The highest BCUT2D eigenvalue weighted by molar-refractivity contribution is 7.45. The number of quaternary nitrogens is 1. The van der Waals surface area contributed by atoms with Gasteiger partial charge in [0.1, 0.15) is 0 Å². The molecule has 31 heavy (non-hydrogen) atoms. The van der Waals surface area contributed by atoms with Gasteiger partial charge in [-0.05, 0) is 25.7 Å². The first-order valence-electron chi connectivity index (χ1n) is 13.2. The van der Waals surface area contributed by atoms with Crippen LogP contribution >= 0.6 is 7.82 Å². The van der Waals surface area contributed by atoms with Crippen LogP contribution in [0.2, 0.25) is 0 Å². The molecule has 5 nitrogen and oxygen atoms in total. The van der Waals surface area contributed by atoms with Crippen molar-refractivity contribution < 1.29 is 23.0 Å². The average Bonchev–Trinajstić information content (AvgIpc) is 2.69. The Hall–Kier alpha value is 0.0700. The molecule has 1 atom stereocenters. The van der Waals surface area contributed by atoms with Crippen molar-refractivity contribution in [1.29, 1.82) is 0 Å². The Morgan fingerprint density at radius 2 is 0.903 bits per heavy atom. The zero-order valence-electron chi connectivity index (χ0n) is 21.4. The van der Waals surface area contributed by atoms with E-state index in [4.69, 9.17) is 9.05 Å². The van der Waals surface area contributed by atoms with Crippen molar-refractivity contribution in [2.24, 2.45) is 0 Å². The van der Waals surface area contributed by atoms with Gasteiger partial charge in [0.15, 0.2) is 0 Å². The average molecular weight is 464 g/mol. The molecule has 0 saturated heterocycles. The van der Waals surface area contributed by atoms with Gasteiger partial charge in [-0.1, -0.05) is 96.8 Å². The molecule has 6 heteroatoms. The highest BCUT2D eigenvalue weighted by Gasteiger charge is 2.09. The topological polar surface area (TPSA) is 58.6 Å². The van der Waals surface area contributed by atoms with E-state index in [2.05, 4.69) is 28.1 Å². The van der Waals surface area contributed by atoms with Gasteiger partial charge in [0, 0.05) is 0 Å². The zero-order valence-corrected chi connectivity index (χ0v) is 22.3. The summed E-state index contributed by atoms with van der Waals surface area (Å²) in [6, 6.07) is 0. The Kier molecular flexibility index (Phi) is 20.7. The Bertz CT molecular complexity index is 426. The van der Waals surface area contributed by atoms with Crippen molar-refractivity contribution in [1.82, 2.24) is 0 Å². The highest BCUT2D eigenvalue weighted by Crippen LogP contribution is 2.38. The molecule has 0 heterocycles. The molecule has 0 aliphatic carbocycles. The Morgan fingerprint density at radius 3 is 1.26 bits per heavy atom. The number of phosphoric acid groups is 1. The van der Waals surface area contributed by atoms with Crippen molar-refractivity contribution in [2.75, 3.05) is 40.9 Å². The lowest BCUT2D eigenvalue weighted by Crippen LogP contribution is -2.35. The first-order chi connectivity index (χ1) is 14.8. The maximum Gasteiger partial charge on any atom is 0.267 e. The third-order valence-corrected chi connectivity index (χ3v) is 6.72. The van der Waals surface area contributed by atoms with Gasteiger partial charge in [0.05, 0.1) is 40.9 Å². The van der Waals surface area contributed by atoms with Gasteiger partial charge in [0.2, 0.25) is 0 Å². The summed E-state index contributed by atoms with van der Waals surface area (Å²) in [6.07, 6.45) is 22.0.